The number of rotatable bonds is 5. The predicted octanol–water partition coefficient (Wildman–Crippen LogP) is 5.72. The Morgan fingerprint density at radius 2 is 1.74 bits per heavy atom. The van der Waals surface area contributed by atoms with Crippen LogP contribution < -0.4 is 5.32 Å². The fourth-order valence-corrected chi connectivity index (χ4v) is 3.83. The number of carbonyl (C=O) groups excluding carboxylic acids is 1. The Morgan fingerprint density at radius 1 is 1.03 bits per heavy atom. The van der Waals surface area contributed by atoms with Crippen LogP contribution in [0.4, 0.5) is 27.6 Å². The SMILES string of the molecule is Cc1ccc(-c2c(F)cc(NC(=O)C3(c4ccc(C(F)(F)F)cc4F)CC3)cc2C(=O)O)cn1. The highest BCUT2D eigenvalue weighted by Gasteiger charge is 2.53. The van der Waals surface area contributed by atoms with Crippen LogP contribution in [0.25, 0.3) is 11.1 Å². The summed E-state index contributed by atoms with van der Waals surface area (Å²) in [7, 11) is 0. The van der Waals surface area contributed by atoms with E-state index in [0.29, 0.717) is 17.8 Å². The minimum absolute atomic E-state index is 0.169. The van der Waals surface area contributed by atoms with E-state index in [2.05, 4.69) is 10.3 Å². The molecular weight excluding hydrogens is 459 g/mol. The first kappa shape index (κ1) is 23.3. The molecule has 2 N–H and O–H groups in total. The van der Waals surface area contributed by atoms with E-state index in [9.17, 15) is 36.6 Å². The molecule has 10 heteroatoms. The summed E-state index contributed by atoms with van der Waals surface area (Å²) in [6.45, 7) is 1.71. The molecule has 1 aliphatic carbocycles. The quantitative estimate of drug-likeness (QED) is 0.462. The van der Waals surface area contributed by atoms with Gasteiger partial charge in [0.1, 0.15) is 11.6 Å². The van der Waals surface area contributed by atoms with Gasteiger partial charge in [-0.15, -0.1) is 0 Å². The normalized spacial score (nSPS) is 14.5. The van der Waals surface area contributed by atoms with Crippen molar-refractivity contribution in [3.8, 4) is 11.1 Å². The molecule has 0 unspecified atom stereocenters. The molecule has 0 atom stereocenters. The monoisotopic (exact) mass is 476 g/mol. The van der Waals surface area contributed by atoms with Gasteiger partial charge in [0.15, 0.2) is 0 Å². The largest absolute Gasteiger partial charge is 0.478 e. The molecule has 34 heavy (non-hydrogen) atoms. The Morgan fingerprint density at radius 3 is 2.26 bits per heavy atom. The fourth-order valence-electron chi connectivity index (χ4n) is 3.83. The second-order valence-corrected chi connectivity index (χ2v) is 8.10. The van der Waals surface area contributed by atoms with Crippen LogP contribution in [0.15, 0.2) is 48.7 Å². The highest BCUT2D eigenvalue weighted by molar-refractivity contribution is 6.03. The van der Waals surface area contributed by atoms with Crippen LogP contribution in [-0.4, -0.2) is 22.0 Å². The van der Waals surface area contributed by atoms with Crippen molar-refractivity contribution in [1.29, 1.82) is 0 Å². The van der Waals surface area contributed by atoms with Crippen molar-refractivity contribution in [3.05, 3.63) is 82.7 Å². The van der Waals surface area contributed by atoms with Crippen molar-refractivity contribution in [1.82, 2.24) is 4.98 Å². The van der Waals surface area contributed by atoms with Crippen molar-refractivity contribution in [2.75, 3.05) is 5.32 Å². The number of aromatic carboxylic acids is 1. The zero-order chi connectivity index (χ0) is 24.8. The number of amides is 1. The number of nitrogens with one attached hydrogen (secondary N) is 1. The summed E-state index contributed by atoms with van der Waals surface area (Å²) in [4.78, 5) is 28.8. The third-order valence-corrected chi connectivity index (χ3v) is 5.78. The van der Waals surface area contributed by atoms with Crippen LogP contribution in [0.3, 0.4) is 0 Å². The first-order valence-electron chi connectivity index (χ1n) is 10.1. The second-order valence-electron chi connectivity index (χ2n) is 8.10. The predicted molar refractivity (Wildman–Crippen MR) is 112 cm³/mol. The first-order chi connectivity index (χ1) is 15.9. The van der Waals surface area contributed by atoms with E-state index in [1.54, 1.807) is 13.0 Å². The number of carboxylic acid groups (broad SMARTS) is 1. The van der Waals surface area contributed by atoms with Crippen molar-refractivity contribution in [3.63, 3.8) is 0 Å². The zero-order valence-electron chi connectivity index (χ0n) is 17.6. The standard InChI is InChI=1S/C24H17F5N2O3/c1-12-2-3-13(11-30-12)20-16(21(32)33)9-15(10-19(20)26)31-22(34)23(6-7-23)17-5-4-14(8-18(17)25)24(27,28)29/h2-5,8-11H,6-7H2,1H3,(H,31,34)(H,32,33). The molecule has 176 valence electrons. The Bertz CT molecular complexity index is 1300. The van der Waals surface area contributed by atoms with Gasteiger partial charge in [-0.1, -0.05) is 12.1 Å². The van der Waals surface area contributed by atoms with Gasteiger partial charge in [-0.2, -0.15) is 13.2 Å². The van der Waals surface area contributed by atoms with Gasteiger partial charge in [0.25, 0.3) is 0 Å². The highest BCUT2D eigenvalue weighted by atomic mass is 19.4. The number of hydrogen-bond donors (Lipinski definition) is 2. The van der Waals surface area contributed by atoms with Crippen LogP contribution >= 0.6 is 0 Å². The lowest BCUT2D eigenvalue weighted by Gasteiger charge is -2.19. The summed E-state index contributed by atoms with van der Waals surface area (Å²) >= 11 is 0. The van der Waals surface area contributed by atoms with Crippen LogP contribution in [0.1, 0.15) is 40.0 Å². The number of benzene rings is 2. The number of pyridine rings is 1. The van der Waals surface area contributed by atoms with E-state index in [4.69, 9.17) is 0 Å². The number of carbonyl (C=O) groups is 2. The number of alkyl halides is 3. The van der Waals surface area contributed by atoms with Gasteiger partial charge in [-0.3, -0.25) is 9.78 Å². The minimum Gasteiger partial charge on any atom is -0.478 e. The number of hydrogen-bond acceptors (Lipinski definition) is 3. The van der Waals surface area contributed by atoms with E-state index >= 15 is 0 Å². The summed E-state index contributed by atoms with van der Waals surface area (Å²) in [5, 5.41) is 12.0. The molecule has 5 nitrogen and oxygen atoms in total. The molecule has 1 amide bonds. The van der Waals surface area contributed by atoms with Gasteiger partial charge >= 0.3 is 12.1 Å². The third kappa shape index (κ3) is 4.23. The van der Waals surface area contributed by atoms with Gasteiger partial charge in [-0.25, -0.2) is 13.6 Å². The Balaban J connectivity index is 1.66. The summed E-state index contributed by atoms with van der Waals surface area (Å²) < 4.78 is 68.0. The minimum atomic E-state index is -4.74. The van der Waals surface area contributed by atoms with E-state index in [1.165, 1.54) is 12.3 Å². The van der Waals surface area contributed by atoms with Gasteiger partial charge in [0, 0.05) is 34.3 Å². The molecule has 1 heterocycles. The third-order valence-electron chi connectivity index (χ3n) is 5.78. The van der Waals surface area contributed by atoms with Crippen LogP contribution in [0.2, 0.25) is 0 Å². The average Bonchev–Trinajstić information content (AvgIpc) is 3.55. The fraction of sp³-hybridized carbons (Fsp3) is 0.208. The van der Waals surface area contributed by atoms with Crippen molar-refractivity contribution in [2.24, 2.45) is 0 Å². The molecule has 0 aliphatic heterocycles. The maximum Gasteiger partial charge on any atom is 0.416 e. The lowest BCUT2D eigenvalue weighted by molar-refractivity contribution is -0.137. The van der Waals surface area contributed by atoms with E-state index in [0.717, 1.165) is 18.2 Å². The molecule has 0 spiro atoms. The highest BCUT2D eigenvalue weighted by Crippen LogP contribution is 2.50. The molecular formula is C24H17F5N2O3. The summed E-state index contributed by atoms with van der Waals surface area (Å²) in [6, 6.07) is 7.04. The van der Waals surface area contributed by atoms with E-state index in [-0.39, 0.29) is 35.2 Å². The maximum atomic E-state index is 15.0. The maximum absolute atomic E-state index is 15.0. The molecule has 0 radical (unpaired) electrons. The molecule has 3 aromatic rings. The topological polar surface area (TPSA) is 79.3 Å². The number of aryl methyl sites for hydroxylation is 1. The van der Waals surface area contributed by atoms with Gasteiger partial charge in [0.2, 0.25) is 5.91 Å². The summed E-state index contributed by atoms with van der Waals surface area (Å²) in [5.74, 6) is -4.32. The first-order valence-corrected chi connectivity index (χ1v) is 10.1. The molecule has 0 saturated heterocycles. The lowest BCUT2D eigenvalue weighted by Crippen LogP contribution is -2.29. The molecule has 1 saturated carbocycles. The average molecular weight is 476 g/mol. The van der Waals surface area contributed by atoms with Crippen LogP contribution in [-0.2, 0) is 16.4 Å². The smallest absolute Gasteiger partial charge is 0.416 e. The summed E-state index contributed by atoms with van der Waals surface area (Å²) in [5.41, 5.74) is -2.76. The van der Waals surface area contributed by atoms with E-state index < -0.39 is 46.2 Å². The van der Waals surface area contributed by atoms with Gasteiger partial charge < -0.3 is 10.4 Å². The van der Waals surface area contributed by atoms with Crippen molar-refractivity contribution < 1.29 is 36.6 Å². The summed E-state index contributed by atoms with van der Waals surface area (Å²) in [6.07, 6.45) is -3.08. The molecule has 1 aromatic heterocycles. The van der Waals surface area contributed by atoms with Crippen molar-refractivity contribution >= 4 is 17.6 Å². The Kier molecular flexibility index (Phi) is 5.63. The number of carboxylic acids is 1. The molecule has 1 fully saturated rings. The number of anilines is 1. The molecule has 2 aromatic carbocycles. The Labute approximate surface area is 190 Å². The second kappa shape index (κ2) is 8.19. The van der Waals surface area contributed by atoms with Crippen LogP contribution in [0, 0.1) is 18.6 Å². The molecule has 0 bridgehead atoms. The number of aromatic nitrogens is 1. The van der Waals surface area contributed by atoms with E-state index in [1.807, 2.05) is 0 Å². The van der Waals surface area contributed by atoms with Gasteiger partial charge in [-0.05, 0) is 50.1 Å². The molecule has 4 rings (SSSR count). The number of halogens is 5. The van der Waals surface area contributed by atoms with Gasteiger partial charge in [0.05, 0.1) is 16.5 Å². The lowest BCUT2D eigenvalue weighted by atomic mass is 9.92. The molecule has 1 aliphatic rings. The Hall–Kier alpha value is -3.82. The number of nitrogens with zero attached hydrogens (tertiary/aromatic N) is 1. The van der Waals surface area contributed by atoms with Crippen molar-refractivity contribution in [2.45, 2.75) is 31.4 Å². The zero-order valence-corrected chi connectivity index (χ0v) is 17.6. The van der Waals surface area contributed by atoms with Crippen LogP contribution in [0.5, 0.6) is 0 Å².